The number of Topliss-reactive ketones (excluding diaryl/α,β-unsaturated/α-hetero) is 1. The van der Waals surface area contributed by atoms with E-state index in [1.165, 1.54) is 14.0 Å². The van der Waals surface area contributed by atoms with Crippen LogP contribution in [0.4, 0.5) is 0 Å². The van der Waals surface area contributed by atoms with Gasteiger partial charge >= 0.3 is 5.97 Å². The average Bonchev–Trinajstić information content (AvgIpc) is 2.86. The van der Waals surface area contributed by atoms with E-state index < -0.39 is 5.97 Å². The van der Waals surface area contributed by atoms with Crippen molar-refractivity contribution < 1.29 is 14.3 Å². The fourth-order valence-electron chi connectivity index (χ4n) is 1.64. The van der Waals surface area contributed by atoms with Gasteiger partial charge in [0.2, 0.25) is 0 Å². The van der Waals surface area contributed by atoms with Gasteiger partial charge in [-0.05, 0) is 18.6 Å². The van der Waals surface area contributed by atoms with Gasteiger partial charge in [0, 0.05) is 17.5 Å². The first-order valence-corrected chi connectivity index (χ1v) is 7.00. The van der Waals surface area contributed by atoms with Crippen LogP contribution in [0.5, 0.6) is 0 Å². The Morgan fingerprint density at radius 1 is 1.35 bits per heavy atom. The second kappa shape index (κ2) is 5.73. The summed E-state index contributed by atoms with van der Waals surface area (Å²) in [4.78, 5) is 27.7. The Morgan fingerprint density at radius 3 is 2.60 bits per heavy atom. The molecule has 0 unspecified atom stereocenters. The van der Waals surface area contributed by atoms with Crippen molar-refractivity contribution in [3.8, 4) is 10.6 Å². The van der Waals surface area contributed by atoms with Crippen molar-refractivity contribution in [3.05, 3.63) is 39.4 Å². The third-order valence-corrected chi connectivity index (χ3v) is 4.36. The Hall–Kier alpha value is -1.72. The molecule has 0 atom stereocenters. The Balaban J connectivity index is 2.55. The van der Waals surface area contributed by atoms with Gasteiger partial charge in [0.25, 0.3) is 0 Å². The molecule has 1 heterocycles. The van der Waals surface area contributed by atoms with Gasteiger partial charge < -0.3 is 4.74 Å². The molecule has 0 saturated carbocycles. The molecule has 1 aromatic carbocycles. The number of aromatic nitrogens is 1. The Kier molecular flexibility index (Phi) is 4.20. The van der Waals surface area contributed by atoms with E-state index in [1.807, 2.05) is 19.1 Å². The zero-order valence-corrected chi connectivity index (χ0v) is 12.8. The van der Waals surface area contributed by atoms with Crippen LogP contribution in [0.3, 0.4) is 0 Å². The number of benzene rings is 1. The number of ether oxygens (including phenoxy) is 1. The molecular weight excluding hydrogens is 298 g/mol. The number of rotatable bonds is 3. The van der Waals surface area contributed by atoms with Gasteiger partial charge in [0.1, 0.15) is 9.88 Å². The van der Waals surface area contributed by atoms with E-state index in [0.717, 1.165) is 22.5 Å². The zero-order chi connectivity index (χ0) is 14.9. The molecule has 0 N–H and O–H groups in total. The van der Waals surface area contributed by atoms with Gasteiger partial charge in [-0.1, -0.05) is 23.7 Å². The van der Waals surface area contributed by atoms with Crippen molar-refractivity contribution in [1.29, 1.82) is 0 Å². The van der Waals surface area contributed by atoms with Gasteiger partial charge in [-0.25, -0.2) is 9.78 Å². The van der Waals surface area contributed by atoms with Gasteiger partial charge in [0.15, 0.2) is 11.5 Å². The number of methoxy groups -OCH3 is 1. The largest absolute Gasteiger partial charge is 0.464 e. The van der Waals surface area contributed by atoms with Gasteiger partial charge in [0.05, 0.1) is 7.11 Å². The molecule has 0 amide bonds. The summed E-state index contributed by atoms with van der Waals surface area (Å²) in [5.74, 6) is -0.830. The minimum Gasteiger partial charge on any atom is -0.464 e. The topological polar surface area (TPSA) is 56.3 Å². The van der Waals surface area contributed by atoms with Gasteiger partial charge in [-0.2, -0.15) is 0 Å². The minimum atomic E-state index is -0.615. The van der Waals surface area contributed by atoms with E-state index in [-0.39, 0.29) is 11.5 Å². The second-order valence-corrected chi connectivity index (χ2v) is 5.61. The summed E-state index contributed by atoms with van der Waals surface area (Å²) in [6.07, 6.45) is 0. The molecule has 20 heavy (non-hydrogen) atoms. The number of esters is 1. The molecule has 104 valence electrons. The molecule has 0 radical (unpaired) electrons. The molecule has 0 fully saturated rings. The fraction of sp³-hybridized carbons (Fsp3) is 0.214. The molecule has 0 saturated heterocycles. The highest BCUT2D eigenvalue weighted by Crippen LogP contribution is 2.31. The van der Waals surface area contributed by atoms with Crippen molar-refractivity contribution >= 4 is 34.7 Å². The van der Waals surface area contributed by atoms with E-state index in [2.05, 4.69) is 9.72 Å². The third kappa shape index (κ3) is 2.73. The summed E-state index contributed by atoms with van der Waals surface area (Å²) in [5.41, 5.74) is 1.77. The summed E-state index contributed by atoms with van der Waals surface area (Å²) < 4.78 is 4.65. The van der Waals surface area contributed by atoms with E-state index in [0.29, 0.717) is 14.9 Å². The first kappa shape index (κ1) is 14.7. The second-order valence-electron chi connectivity index (χ2n) is 4.21. The predicted octanol–water partition coefficient (Wildman–Crippen LogP) is 3.76. The molecule has 6 heteroatoms. The van der Waals surface area contributed by atoms with Gasteiger partial charge in [-0.15, -0.1) is 11.3 Å². The number of hydrogen-bond donors (Lipinski definition) is 0. The third-order valence-electron chi connectivity index (χ3n) is 2.74. The highest BCUT2D eigenvalue weighted by Gasteiger charge is 2.22. The monoisotopic (exact) mass is 309 g/mol. The van der Waals surface area contributed by atoms with Crippen LogP contribution >= 0.6 is 22.9 Å². The van der Waals surface area contributed by atoms with Crippen LogP contribution in [-0.2, 0) is 4.74 Å². The first-order valence-electron chi connectivity index (χ1n) is 5.80. The maximum atomic E-state index is 11.6. The summed E-state index contributed by atoms with van der Waals surface area (Å²) in [5, 5.41) is 1.18. The molecule has 0 aliphatic rings. The van der Waals surface area contributed by atoms with Crippen LogP contribution < -0.4 is 0 Å². The van der Waals surface area contributed by atoms with E-state index in [1.54, 1.807) is 6.07 Å². The Bertz CT molecular complexity index is 694. The van der Waals surface area contributed by atoms with Crippen molar-refractivity contribution in [3.63, 3.8) is 0 Å². The highest BCUT2D eigenvalue weighted by molar-refractivity contribution is 7.17. The Labute approximate surface area is 125 Å². The van der Waals surface area contributed by atoms with E-state index >= 15 is 0 Å². The summed E-state index contributed by atoms with van der Waals surface area (Å²) in [7, 11) is 1.26. The lowest BCUT2D eigenvalue weighted by molar-refractivity contribution is 0.0591. The zero-order valence-electron chi connectivity index (χ0n) is 11.2. The molecule has 1 aromatic heterocycles. The lowest BCUT2D eigenvalue weighted by Gasteiger charge is -2.00. The van der Waals surface area contributed by atoms with Crippen LogP contribution in [0.1, 0.15) is 32.6 Å². The number of ketones is 1. The van der Waals surface area contributed by atoms with Crippen LogP contribution in [-0.4, -0.2) is 23.8 Å². The minimum absolute atomic E-state index is 0.0525. The Morgan fingerprint density at radius 2 is 2.05 bits per heavy atom. The summed E-state index contributed by atoms with van der Waals surface area (Å²) >= 11 is 7.24. The average molecular weight is 310 g/mol. The number of halogens is 1. The van der Waals surface area contributed by atoms with E-state index in [4.69, 9.17) is 11.6 Å². The standard InChI is InChI=1S/C14H12ClNO3S/c1-7-4-5-9(6-10(7)15)13-16-11(14(18)19-3)12(20-13)8(2)17/h4-6H,1-3H3. The summed E-state index contributed by atoms with van der Waals surface area (Å²) in [6.45, 7) is 3.29. The van der Waals surface area contributed by atoms with Crippen LogP contribution in [0.2, 0.25) is 5.02 Å². The van der Waals surface area contributed by atoms with Crippen molar-refractivity contribution in [2.75, 3.05) is 7.11 Å². The molecular formula is C14H12ClNO3S. The van der Waals surface area contributed by atoms with E-state index in [9.17, 15) is 9.59 Å². The number of hydrogen-bond acceptors (Lipinski definition) is 5. The molecule has 0 aliphatic carbocycles. The molecule has 0 bridgehead atoms. The van der Waals surface area contributed by atoms with Crippen LogP contribution in [0.15, 0.2) is 18.2 Å². The van der Waals surface area contributed by atoms with Crippen molar-refractivity contribution in [2.45, 2.75) is 13.8 Å². The lowest BCUT2D eigenvalue weighted by Crippen LogP contribution is -2.06. The fourth-order valence-corrected chi connectivity index (χ4v) is 2.77. The number of thiazole rings is 1. The number of carbonyl (C=O) groups is 2. The quantitative estimate of drug-likeness (QED) is 0.640. The van der Waals surface area contributed by atoms with Crippen LogP contribution in [0, 0.1) is 6.92 Å². The summed E-state index contributed by atoms with van der Waals surface area (Å²) in [6, 6.07) is 5.48. The van der Waals surface area contributed by atoms with Crippen LogP contribution in [0.25, 0.3) is 10.6 Å². The van der Waals surface area contributed by atoms with Gasteiger partial charge in [-0.3, -0.25) is 4.79 Å². The maximum Gasteiger partial charge on any atom is 0.358 e. The lowest BCUT2D eigenvalue weighted by atomic mass is 10.1. The van der Waals surface area contributed by atoms with Crippen molar-refractivity contribution in [2.24, 2.45) is 0 Å². The number of aryl methyl sites for hydroxylation is 1. The normalized spacial score (nSPS) is 10.4. The smallest absolute Gasteiger partial charge is 0.358 e. The predicted molar refractivity (Wildman–Crippen MR) is 78.6 cm³/mol. The SMILES string of the molecule is COC(=O)c1nc(-c2ccc(C)c(Cl)c2)sc1C(C)=O. The maximum absolute atomic E-state index is 11.6. The first-order chi connectivity index (χ1) is 9.43. The molecule has 2 aromatic rings. The molecule has 4 nitrogen and oxygen atoms in total. The highest BCUT2D eigenvalue weighted by atomic mass is 35.5. The van der Waals surface area contributed by atoms with Crippen molar-refractivity contribution in [1.82, 2.24) is 4.98 Å². The molecule has 0 spiro atoms. The molecule has 2 rings (SSSR count). The number of nitrogens with zero attached hydrogens (tertiary/aromatic N) is 1. The molecule has 0 aliphatic heterocycles. The number of carbonyl (C=O) groups excluding carboxylic acids is 2.